The number of amides is 4. The van der Waals surface area contributed by atoms with E-state index in [2.05, 4.69) is 16.0 Å². The van der Waals surface area contributed by atoms with Gasteiger partial charge in [0.1, 0.15) is 30.8 Å². The van der Waals surface area contributed by atoms with Gasteiger partial charge in [-0.25, -0.2) is 0 Å². The third kappa shape index (κ3) is 13.1. The van der Waals surface area contributed by atoms with Crippen molar-refractivity contribution >= 4 is 47.5 Å². The van der Waals surface area contributed by atoms with Crippen LogP contribution in [-0.2, 0) is 73.2 Å². The molecule has 0 spiro atoms. The van der Waals surface area contributed by atoms with Crippen molar-refractivity contribution in [3.05, 3.63) is 35.9 Å². The Labute approximate surface area is 288 Å². The minimum absolute atomic E-state index is 0.0349. The Kier molecular flexibility index (Phi) is 15.8. The Balaban J connectivity index is 2.55. The molecule has 1 aromatic rings. The summed E-state index contributed by atoms with van der Waals surface area (Å²) in [5, 5.41) is 7.45. The van der Waals surface area contributed by atoms with Gasteiger partial charge in [-0.15, -0.1) is 0 Å². The van der Waals surface area contributed by atoms with Crippen LogP contribution in [0.5, 0.6) is 0 Å². The lowest BCUT2D eigenvalue weighted by Crippen LogP contribution is -2.65. The molecule has 5 N–H and O–H groups in total. The number of primary amides is 1. The van der Waals surface area contributed by atoms with Crippen molar-refractivity contribution in [2.45, 2.75) is 110 Å². The van der Waals surface area contributed by atoms with E-state index in [1.165, 1.54) is 20.8 Å². The van der Waals surface area contributed by atoms with Crippen molar-refractivity contribution < 1.29 is 66.8 Å². The summed E-state index contributed by atoms with van der Waals surface area (Å²) in [6.07, 6.45) is -9.10. The standard InChI is InChI=1S/C32H44N4O14/c1-15(29(33)42)34-31(44)25(36-30(43)23(35-17(3)37)13-22-11-9-8-10-12-22)16(2)46-32-28(49-21(7)41)27(48-20(6)40)26(47-19(5)39)24(50-32)14-45-18(4)38/h8-12,15-16,23-28,32H,13-14H2,1-7H3,(H2,33,42)(H,34,44)(H,35,37)(H,36,43)/t15-,16+,23-,24+,25-,26-,27-,28+,32+/m0/s1. The number of hydrogen-bond donors (Lipinski definition) is 4. The maximum absolute atomic E-state index is 13.6. The first kappa shape index (κ1) is 41.1. The van der Waals surface area contributed by atoms with Crippen LogP contribution in [0, 0.1) is 0 Å². The number of esters is 4. The van der Waals surface area contributed by atoms with Gasteiger partial charge in [0.15, 0.2) is 24.6 Å². The monoisotopic (exact) mass is 708 g/mol. The van der Waals surface area contributed by atoms with Crippen LogP contribution in [0.1, 0.15) is 54.0 Å². The van der Waals surface area contributed by atoms with Crippen LogP contribution >= 0.6 is 0 Å². The normalized spacial score (nSPS) is 22.3. The summed E-state index contributed by atoms with van der Waals surface area (Å²) in [5.74, 6) is -6.53. The molecular weight excluding hydrogens is 664 g/mol. The summed E-state index contributed by atoms with van der Waals surface area (Å²) < 4.78 is 33.3. The Bertz CT molecular complexity index is 1410. The molecule has 50 heavy (non-hydrogen) atoms. The van der Waals surface area contributed by atoms with Gasteiger partial charge in [0.05, 0.1) is 6.10 Å². The highest BCUT2D eigenvalue weighted by molar-refractivity contribution is 5.94. The average molecular weight is 709 g/mol. The number of rotatable bonds is 16. The fourth-order valence-electron chi connectivity index (χ4n) is 4.92. The lowest BCUT2D eigenvalue weighted by Gasteiger charge is -2.45. The maximum atomic E-state index is 13.6. The number of carbonyl (C=O) groups is 8. The highest BCUT2D eigenvalue weighted by Gasteiger charge is 2.53. The highest BCUT2D eigenvalue weighted by atomic mass is 16.7. The molecule has 1 heterocycles. The lowest BCUT2D eigenvalue weighted by molar-refractivity contribution is -0.316. The largest absolute Gasteiger partial charge is 0.463 e. The van der Waals surface area contributed by atoms with Gasteiger partial charge in [-0.2, -0.15) is 0 Å². The SMILES string of the molecule is CC(=O)N[C@@H](Cc1ccccc1)C(=O)N[C@H](C(=O)N[C@@H](C)C(N)=O)[C@@H](C)O[C@@H]1O[C@H](COC(C)=O)[C@H](OC(C)=O)[C@H](OC(C)=O)[C@H]1OC(C)=O. The first-order valence-corrected chi connectivity index (χ1v) is 15.6. The van der Waals surface area contributed by atoms with Crippen LogP contribution in [0.3, 0.4) is 0 Å². The summed E-state index contributed by atoms with van der Waals surface area (Å²) >= 11 is 0. The summed E-state index contributed by atoms with van der Waals surface area (Å²) in [6.45, 7) is 7.55. The summed E-state index contributed by atoms with van der Waals surface area (Å²) in [4.78, 5) is 99.1. The van der Waals surface area contributed by atoms with Crippen molar-refractivity contribution in [3.63, 3.8) is 0 Å². The zero-order valence-corrected chi connectivity index (χ0v) is 28.8. The molecule has 1 aliphatic heterocycles. The zero-order chi connectivity index (χ0) is 37.7. The molecule has 0 aliphatic carbocycles. The van der Waals surface area contributed by atoms with E-state index in [4.69, 9.17) is 34.2 Å². The molecule has 0 radical (unpaired) electrons. The molecule has 0 saturated carbocycles. The van der Waals surface area contributed by atoms with Gasteiger partial charge >= 0.3 is 23.9 Å². The molecule has 0 unspecified atom stereocenters. The topological polar surface area (TPSA) is 254 Å². The van der Waals surface area contributed by atoms with Crippen molar-refractivity contribution in [1.29, 1.82) is 0 Å². The van der Waals surface area contributed by atoms with E-state index in [-0.39, 0.29) is 6.42 Å². The number of hydrogen-bond acceptors (Lipinski definition) is 14. The molecule has 18 heteroatoms. The van der Waals surface area contributed by atoms with Crippen LogP contribution in [0.15, 0.2) is 30.3 Å². The van der Waals surface area contributed by atoms with Crippen LogP contribution in [0.25, 0.3) is 0 Å². The Morgan fingerprint density at radius 3 is 1.82 bits per heavy atom. The van der Waals surface area contributed by atoms with Gasteiger partial charge in [-0.05, 0) is 19.4 Å². The third-order valence-corrected chi connectivity index (χ3v) is 7.11. The molecule has 2 rings (SSSR count). The second kappa shape index (κ2) is 19.2. The van der Waals surface area contributed by atoms with Crippen molar-refractivity contribution in [2.75, 3.05) is 6.61 Å². The van der Waals surface area contributed by atoms with Crippen molar-refractivity contribution in [2.24, 2.45) is 5.73 Å². The molecule has 0 bridgehead atoms. The smallest absolute Gasteiger partial charge is 0.303 e. The van der Waals surface area contributed by atoms with Crippen LogP contribution in [0.2, 0.25) is 0 Å². The van der Waals surface area contributed by atoms with E-state index in [1.54, 1.807) is 30.3 Å². The lowest BCUT2D eigenvalue weighted by atomic mass is 9.97. The fourth-order valence-corrected chi connectivity index (χ4v) is 4.92. The van der Waals surface area contributed by atoms with Crippen LogP contribution in [0.4, 0.5) is 0 Å². The Morgan fingerprint density at radius 2 is 1.30 bits per heavy atom. The fraction of sp³-hybridized carbons (Fsp3) is 0.562. The van der Waals surface area contributed by atoms with E-state index in [9.17, 15) is 38.4 Å². The van der Waals surface area contributed by atoms with Gasteiger partial charge in [-0.3, -0.25) is 38.4 Å². The second-order valence-electron chi connectivity index (χ2n) is 11.5. The molecule has 9 atom stereocenters. The summed E-state index contributed by atoms with van der Waals surface area (Å²) in [7, 11) is 0. The molecule has 276 valence electrons. The molecule has 4 amide bonds. The first-order valence-electron chi connectivity index (χ1n) is 15.6. The van der Waals surface area contributed by atoms with E-state index >= 15 is 0 Å². The maximum Gasteiger partial charge on any atom is 0.303 e. The number of benzene rings is 1. The van der Waals surface area contributed by atoms with Gasteiger partial charge in [0.2, 0.25) is 23.6 Å². The molecule has 1 aliphatic rings. The minimum Gasteiger partial charge on any atom is -0.463 e. The van der Waals surface area contributed by atoms with Crippen LogP contribution in [-0.4, -0.2) is 109 Å². The highest BCUT2D eigenvalue weighted by Crippen LogP contribution is 2.31. The second-order valence-corrected chi connectivity index (χ2v) is 11.5. The van der Waals surface area contributed by atoms with Gasteiger partial charge < -0.3 is 50.1 Å². The average Bonchev–Trinajstić information content (AvgIpc) is 3.00. The minimum atomic E-state index is -1.71. The van der Waals surface area contributed by atoms with E-state index < -0.39 is 109 Å². The van der Waals surface area contributed by atoms with E-state index in [0.717, 1.165) is 27.7 Å². The van der Waals surface area contributed by atoms with E-state index in [0.29, 0.717) is 5.56 Å². The molecule has 1 saturated heterocycles. The number of nitrogens with one attached hydrogen (secondary N) is 3. The molecular formula is C32H44N4O14. The summed E-state index contributed by atoms with van der Waals surface area (Å²) in [6, 6.07) is 4.72. The van der Waals surface area contributed by atoms with Gasteiger partial charge in [-0.1, -0.05) is 30.3 Å². The Hall–Kier alpha value is -5.10. The predicted molar refractivity (Wildman–Crippen MR) is 169 cm³/mol. The van der Waals surface area contributed by atoms with E-state index in [1.807, 2.05) is 0 Å². The quantitative estimate of drug-likeness (QED) is 0.115. The predicted octanol–water partition coefficient (Wildman–Crippen LogP) is -1.30. The molecule has 0 aromatic heterocycles. The molecule has 1 fully saturated rings. The Morgan fingerprint density at radius 1 is 0.740 bits per heavy atom. The third-order valence-electron chi connectivity index (χ3n) is 7.11. The number of ether oxygens (including phenoxy) is 6. The van der Waals surface area contributed by atoms with Gasteiger partial charge in [0, 0.05) is 41.0 Å². The van der Waals surface area contributed by atoms with Crippen LogP contribution < -0.4 is 21.7 Å². The first-order chi connectivity index (χ1) is 23.4. The molecule has 18 nitrogen and oxygen atoms in total. The zero-order valence-electron chi connectivity index (χ0n) is 28.8. The molecule has 1 aromatic carbocycles. The summed E-state index contributed by atoms with van der Waals surface area (Å²) in [5.41, 5.74) is 6.02. The van der Waals surface area contributed by atoms with Crippen molar-refractivity contribution in [3.8, 4) is 0 Å². The number of carbonyl (C=O) groups excluding carboxylic acids is 8. The van der Waals surface area contributed by atoms with Crippen molar-refractivity contribution in [1.82, 2.24) is 16.0 Å². The van der Waals surface area contributed by atoms with Gasteiger partial charge in [0.25, 0.3) is 0 Å². The number of nitrogens with two attached hydrogens (primary N) is 1.